The third kappa shape index (κ3) is 5.87. The summed E-state index contributed by atoms with van der Waals surface area (Å²) in [6.07, 6.45) is -2.92. The highest BCUT2D eigenvalue weighted by atomic mass is 32.2. The van der Waals surface area contributed by atoms with Gasteiger partial charge in [-0.1, -0.05) is 18.2 Å². The van der Waals surface area contributed by atoms with Crippen LogP contribution in [0.4, 0.5) is 18.9 Å². The Bertz CT molecular complexity index is 1380. The molecule has 0 bridgehead atoms. The molecule has 1 aromatic heterocycles. The summed E-state index contributed by atoms with van der Waals surface area (Å²) in [4.78, 5) is 4.14. The van der Waals surface area contributed by atoms with E-state index in [1.807, 2.05) is 4.90 Å². The molecule has 0 amide bonds. The van der Waals surface area contributed by atoms with E-state index in [1.54, 1.807) is 17.5 Å². The predicted molar refractivity (Wildman–Crippen MR) is 143 cm³/mol. The maximum atomic E-state index is 13.4. The first-order valence-electron chi connectivity index (χ1n) is 12.8. The van der Waals surface area contributed by atoms with Crippen molar-refractivity contribution in [2.75, 3.05) is 49.1 Å². The topological polar surface area (TPSA) is 98.2 Å². The molecule has 3 heterocycles. The van der Waals surface area contributed by atoms with Crippen LogP contribution in [0.5, 0.6) is 0 Å². The van der Waals surface area contributed by atoms with Gasteiger partial charge in [0.05, 0.1) is 17.5 Å². The Kier molecular flexibility index (Phi) is 7.60. The van der Waals surface area contributed by atoms with Crippen LogP contribution in [0, 0.1) is 5.92 Å². The number of piperazine rings is 1. The van der Waals surface area contributed by atoms with E-state index in [1.165, 1.54) is 28.6 Å². The molecule has 0 radical (unpaired) electrons. The van der Waals surface area contributed by atoms with Gasteiger partial charge in [-0.25, -0.2) is 16.8 Å². The fourth-order valence-electron chi connectivity index (χ4n) is 5.50. The second kappa shape index (κ2) is 10.3. The van der Waals surface area contributed by atoms with Crippen molar-refractivity contribution >= 4 is 36.9 Å². The van der Waals surface area contributed by atoms with E-state index >= 15 is 0 Å². The quantitative estimate of drug-likeness (QED) is 0.517. The Morgan fingerprint density at radius 2 is 1.77 bits per heavy atom. The summed E-state index contributed by atoms with van der Waals surface area (Å²) >= 11 is 1.14. The van der Waals surface area contributed by atoms with Gasteiger partial charge >= 0.3 is 6.18 Å². The number of hydrogen-bond donors (Lipinski definition) is 1. The Morgan fingerprint density at radius 1 is 1.08 bits per heavy atom. The van der Waals surface area contributed by atoms with Crippen molar-refractivity contribution in [3.63, 3.8) is 0 Å². The van der Waals surface area contributed by atoms with E-state index in [4.69, 9.17) is 0 Å². The van der Waals surface area contributed by atoms with Gasteiger partial charge in [-0.2, -0.15) is 17.5 Å². The second-order valence-corrected chi connectivity index (χ2v) is 16.1. The molecule has 1 aliphatic carbocycles. The first-order chi connectivity index (χ1) is 18.2. The molecule has 1 saturated carbocycles. The molecule has 2 aliphatic heterocycles. The lowest BCUT2D eigenvalue weighted by atomic mass is 9.95. The van der Waals surface area contributed by atoms with Crippen LogP contribution in [-0.4, -0.2) is 93.6 Å². The Balaban J connectivity index is 1.43. The van der Waals surface area contributed by atoms with Crippen molar-refractivity contribution in [3.8, 4) is 0 Å². The summed E-state index contributed by atoms with van der Waals surface area (Å²) in [6, 6.07) is 8.28. The molecule has 1 N–H and O–H groups in total. The van der Waals surface area contributed by atoms with E-state index in [9.17, 15) is 35.1 Å². The van der Waals surface area contributed by atoms with Gasteiger partial charge in [0.2, 0.25) is 0 Å². The SMILES string of the molecule is C[C@@](O)(c1ccc(N2CCN(S(=O)(=O)c3cccs3)C[C@@H]2CN2CCS(=O)(=O)C[C@H]2C2CC2)cc1)C(F)(F)F. The van der Waals surface area contributed by atoms with Crippen LogP contribution in [-0.2, 0) is 25.5 Å². The van der Waals surface area contributed by atoms with Crippen molar-refractivity contribution in [1.29, 1.82) is 0 Å². The van der Waals surface area contributed by atoms with Crippen molar-refractivity contribution < 1.29 is 35.1 Å². The van der Waals surface area contributed by atoms with Crippen LogP contribution >= 0.6 is 11.3 Å². The molecular formula is C25H32F3N3O5S3. The molecule has 2 saturated heterocycles. The molecule has 216 valence electrons. The molecule has 1 aromatic carbocycles. The predicted octanol–water partition coefficient (Wildman–Crippen LogP) is 2.91. The standard InChI is InChI=1S/C25H32F3N3O5S3/c1-24(32,25(26,27)28)19-6-8-20(9-7-19)31-11-10-30(39(35,36)23-3-2-13-37-23)16-21(31)15-29-12-14-38(33,34)17-22(29)18-4-5-18/h2-3,6-9,13,18,21-22,32H,4-5,10-12,14-17H2,1H3/t21-,22-,24+/m0/s1. The summed E-state index contributed by atoms with van der Waals surface area (Å²) in [5, 5.41) is 11.8. The van der Waals surface area contributed by atoms with Gasteiger partial charge < -0.3 is 10.0 Å². The molecule has 14 heteroatoms. The normalized spacial score (nSPS) is 26.8. The van der Waals surface area contributed by atoms with Gasteiger partial charge in [0, 0.05) is 44.5 Å². The molecule has 8 nitrogen and oxygen atoms in total. The number of halogens is 3. The maximum Gasteiger partial charge on any atom is 0.421 e. The average Bonchev–Trinajstić information content (AvgIpc) is 3.56. The minimum Gasteiger partial charge on any atom is -0.376 e. The number of sulfonamides is 1. The molecule has 39 heavy (non-hydrogen) atoms. The highest BCUT2D eigenvalue weighted by Gasteiger charge is 2.51. The maximum absolute atomic E-state index is 13.4. The summed E-state index contributed by atoms with van der Waals surface area (Å²) < 4.78 is 93.2. The van der Waals surface area contributed by atoms with Crippen LogP contribution in [0.1, 0.15) is 25.3 Å². The third-order valence-electron chi connectivity index (χ3n) is 8.04. The van der Waals surface area contributed by atoms with E-state index < -0.39 is 31.6 Å². The van der Waals surface area contributed by atoms with Gasteiger partial charge in [-0.05, 0) is 54.8 Å². The monoisotopic (exact) mass is 607 g/mol. The van der Waals surface area contributed by atoms with Crippen molar-refractivity contribution in [2.24, 2.45) is 5.92 Å². The zero-order valence-corrected chi connectivity index (χ0v) is 23.9. The lowest BCUT2D eigenvalue weighted by Crippen LogP contribution is -2.61. The molecule has 3 aliphatic rings. The first kappa shape index (κ1) is 28.8. The molecule has 3 fully saturated rings. The highest BCUT2D eigenvalue weighted by molar-refractivity contribution is 7.91. The van der Waals surface area contributed by atoms with Gasteiger partial charge in [0.1, 0.15) is 4.21 Å². The zero-order chi connectivity index (χ0) is 28.2. The molecular weight excluding hydrogens is 575 g/mol. The average molecular weight is 608 g/mol. The first-order valence-corrected chi connectivity index (χ1v) is 17.0. The van der Waals surface area contributed by atoms with Crippen LogP contribution in [0.3, 0.4) is 0 Å². The van der Waals surface area contributed by atoms with Crippen molar-refractivity contribution in [2.45, 2.75) is 47.8 Å². The Morgan fingerprint density at radius 3 is 2.36 bits per heavy atom. The van der Waals surface area contributed by atoms with Gasteiger partial charge in [0.15, 0.2) is 15.4 Å². The van der Waals surface area contributed by atoms with E-state index in [0.29, 0.717) is 38.2 Å². The summed E-state index contributed by atoms with van der Waals surface area (Å²) in [5.41, 5.74) is -2.68. The van der Waals surface area contributed by atoms with Gasteiger partial charge in [-0.15, -0.1) is 11.3 Å². The van der Waals surface area contributed by atoms with Crippen LogP contribution < -0.4 is 4.90 Å². The fraction of sp³-hybridized carbons (Fsp3) is 0.600. The number of nitrogens with zero attached hydrogens (tertiary/aromatic N) is 3. The van der Waals surface area contributed by atoms with E-state index in [0.717, 1.165) is 24.2 Å². The lowest BCUT2D eigenvalue weighted by Gasteiger charge is -2.46. The minimum absolute atomic E-state index is 0.0430. The number of rotatable bonds is 7. The van der Waals surface area contributed by atoms with Gasteiger partial charge in [0.25, 0.3) is 10.0 Å². The number of hydrogen-bond acceptors (Lipinski definition) is 8. The summed E-state index contributed by atoms with van der Waals surface area (Å²) in [7, 11) is -6.87. The van der Waals surface area contributed by atoms with Crippen LogP contribution in [0.25, 0.3) is 0 Å². The van der Waals surface area contributed by atoms with Crippen LogP contribution in [0.2, 0.25) is 0 Å². The Hall–Kier alpha value is -1.71. The fourth-order valence-corrected chi connectivity index (χ4v) is 9.80. The lowest BCUT2D eigenvalue weighted by molar-refractivity contribution is -0.258. The molecule has 0 spiro atoms. The third-order valence-corrected chi connectivity index (χ3v) is 12.9. The Labute approximate surface area is 231 Å². The summed E-state index contributed by atoms with van der Waals surface area (Å²) in [6.45, 7) is 2.15. The number of anilines is 1. The number of benzene rings is 1. The number of thiophene rings is 1. The molecule has 2 aromatic rings. The zero-order valence-electron chi connectivity index (χ0n) is 21.4. The van der Waals surface area contributed by atoms with Crippen molar-refractivity contribution in [1.82, 2.24) is 9.21 Å². The second-order valence-electron chi connectivity index (χ2n) is 10.8. The van der Waals surface area contributed by atoms with E-state index in [-0.39, 0.29) is 46.5 Å². The minimum atomic E-state index is -4.84. The number of sulfone groups is 1. The smallest absolute Gasteiger partial charge is 0.376 e. The van der Waals surface area contributed by atoms with Gasteiger partial charge in [-0.3, -0.25) is 4.90 Å². The molecule has 3 atom stereocenters. The highest BCUT2D eigenvalue weighted by Crippen LogP contribution is 2.40. The van der Waals surface area contributed by atoms with Crippen molar-refractivity contribution in [3.05, 3.63) is 47.3 Å². The number of aliphatic hydroxyl groups is 1. The largest absolute Gasteiger partial charge is 0.421 e. The molecule has 0 unspecified atom stereocenters. The van der Waals surface area contributed by atoms with Crippen LogP contribution in [0.15, 0.2) is 46.0 Å². The van der Waals surface area contributed by atoms with E-state index in [2.05, 4.69) is 4.90 Å². The number of alkyl halides is 3. The molecule has 5 rings (SSSR count). The summed E-state index contributed by atoms with van der Waals surface area (Å²) in [5.74, 6) is 0.427.